The van der Waals surface area contributed by atoms with Gasteiger partial charge in [-0.2, -0.15) is 0 Å². The normalized spacial score (nSPS) is 11.3. The van der Waals surface area contributed by atoms with E-state index in [2.05, 4.69) is 44.7 Å². The van der Waals surface area contributed by atoms with Crippen molar-refractivity contribution in [3.8, 4) is 17.0 Å². The van der Waals surface area contributed by atoms with Crippen LogP contribution in [0.4, 0.5) is 0 Å². The molecular weight excluding hydrogens is 348 g/mol. The van der Waals surface area contributed by atoms with Gasteiger partial charge in [0.2, 0.25) is 0 Å². The summed E-state index contributed by atoms with van der Waals surface area (Å²) in [5, 5.41) is 0. The molecule has 0 aliphatic heterocycles. The van der Waals surface area contributed by atoms with E-state index in [1.807, 2.05) is 24.3 Å². The highest BCUT2D eigenvalue weighted by Gasteiger charge is 2.10. The SMILES string of the molecule is COc1ccc2sc3nc(-c4ccc(Br)cc4)cn3c2c1. The zero-order valence-electron chi connectivity index (χ0n) is 11.2. The summed E-state index contributed by atoms with van der Waals surface area (Å²) in [6.07, 6.45) is 2.08. The van der Waals surface area contributed by atoms with Gasteiger partial charge in [-0.25, -0.2) is 4.98 Å². The maximum absolute atomic E-state index is 5.31. The monoisotopic (exact) mass is 358 g/mol. The molecule has 2 heterocycles. The van der Waals surface area contributed by atoms with Crippen LogP contribution in [0.1, 0.15) is 0 Å². The fraction of sp³-hybridized carbons (Fsp3) is 0.0625. The van der Waals surface area contributed by atoms with Crippen molar-refractivity contribution < 1.29 is 4.74 Å². The number of halogens is 1. The van der Waals surface area contributed by atoms with Crippen molar-refractivity contribution in [1.29, 1.82) is 0 Å². The van der Waals surface area contributed by atoms with Crippen LogP contribution in [-0.4, -0.2) is 16.5 Å². The van der Waals surface area contributed by atoms with Crippen LogP contribution in [0.5, 0.6) is 5.75 Å². The van der Waals surface area contributed by atoms with Gasteiger partial charge in [0.05, 0.1) is 23.0 Å². The van der Waals surface area contributed by atoms with Crippen molar-refractivity contribution in [1.82, 2.24) is 9.38 Å². The van der Waals surface area contributed by atoms with E-state index in [1.165, 1.54) is 4.70 Å². The van der Waals surface area contributed by atoms with E-state index in [-0.39, 0.29) is 0 Å². The Morgan fingerprint density at radius 2 is 1.95 bits per heavy atom. The third kappa shape index (κ3) is 2.13. The van der Waals surface area contributed by atoms with Crippen LogP contribution in [0.2, 0.25) is 0 Å². The molecular formula is C16H11BrN2OS. The summed E-state index contributed by atoms with van der Waals surface area (Å²) in [6.45, 7) is 0. The molecule has 0 saturated heterocycles. The van der Waals surface area contributed by atoms with E-state index in [4.69, 9.17) is 9.72 Å². The Labute approximate surface area is 133 Å². The predicted molar refractivity (Wildman–Crippen MR) is 90.3 cm³/mol. The lowest BCUT2D eigenvalue weighted by atomic mass is 10.2. The summed E-state index contributed by atoms with van der Waals surface area (Å²) in [4.78, 5) is 5.73. The molecule has 0 unspecified atom stereocenters. The van der Waals surface area contributed by atoms with Gasteiger partial charge >= 0.3 is 0 Å². The van der Waals surface area contributed by atoms with Gasteiger partial charge in [0, 0.05) is 22.3 Å². The lowest BCUT2D eigenvalue weighted by molar-refractivity contribution is 0.415. The minimum atomic E-state index is 0.862. The fourth-order valence-corrected chi connectivity index (χ4v) is 3.62. The highest BCUT2D eigenvalue weighted by atomic mass is 79.9. The van der Waals surface area contributed by atoms with Gasteiger partial charge in [-0.1, -0.05) is 39.4 Å². The summed E-state index contributed by atoms with van der Waals surface area (Å²) in [6, 6.07) is 14.3. The largest absolute Gasteiger partial charge is 0.497 e. The number of benzene rings is 2. The molecule has 0 bridgehead atoms. The molecule has 0 aliphatic carbocycles. The Morgan fingerprint density at radius 1 is 1.14 bits per heavy atom. The van der Waals surface area contributed by atoms with Gasteiger partial charge in [-0.05, 0) is 24.3 Å². The number of thiazole rings is 1. The first-order chi connectivity index (χ1) is 10.2. The molecule has 21 heavy (non-hydrogen) atoms. The minimum Gasteiger partial charge on any atom is -0.497 e. The molecule has 5 heteroatoms. The number of imidazole rings is 1. The average Bonchev–Trinajstić information content (AvgIpc) is 3.05. The van der Waals surface area contributed by atoms with Crippen LogP contribution >= 0.6 is 27.3 Å². The third-order valence-electron chi connectivity index (χ3n) is 3.44. The maximum atomic E-state index is 5.31. The van der Waals surface area contributed by atoms with Gasteiger partial charge in [0.15, 0.2) is 4.96 Å². The highest BCUT2D eigenvalue weighted by Crippen LogP contribution is 2.31. The van der Waals surface area contributed by atoms with Crippen molar-refractivity contribution >= 4 is 42.4 Å². The Morgan fingerprint density at radius 3 is 2.71 bits per heavy atom. The molecule has 0 spiro atoms. The highest BCUT2D eigenvalue weighted by molar-refractivity contribution is 9.10. The van der Waals surface area contributed by atoms with Crippen LogP contribution in [0, 0.1) is 0 Å². The molecule has 4 rings (SSSR count). The van der Waals surface area contributed by atoms with Gasteiger partial charge in [-0.15, -0.1) is 0 Å². The molecule has 0 N–H and O–H groups in total. The number of rotatable bonds is 2. The lowest BCUT2D eigenvalue weighted by Gasteiger charge is -1.99. The van der Waals surface area contributed by atoms with Crippen LogP contribution in [0.3, 0.4) is 0 Å². The minimum absolute atomic E-state index is 0.862. The number of fused-ring (bicyclic) bond motifs is 3. The first kappa shape index (κ1) is 12.9. The van der Waals surface area contributed by atoms with E-state index < -0.39 is 0 Å². The molecule has 0 amide bonds. The molecule has 0 aliphatic rings. The van der Waals surface area contributed by atoms with Crippen LogP contribution in [0.15, 0.2) is 53.1 Å². The summed E-state index contributed by atoms with van der Waals surface area (Å²) in [7, 11) is 1.69. The Bertz CT molecular complexity index is 940. The van der Waals surface area contributed by atoms with Gasteiger partial charge in [0.1, 0.15) is 5.75 Å². The van der Waals surface area contributed by atoms with Crippen molar-refractivity contribution in [3.63, 3.8) is 0 Å². The predicted octanol–water partition coefficient (Wildman–Crippen LogP) is 4.99. The van der Waals surface area contributed by atoms with E-state index >= 15 is 0 Å². The lowest BCUT2D eigenvalue weighted by Crippen LogP contribution is -1.83. The summed E-state index contributed by atoms with van der Waals surface area (Å²) < 4.78 is 9.72. The molecule has 2 aromatic heterocycles. The third-order valence-corrected chi connectivity index (χ3v) is 5.00. The van der Waals surface area contributed by atoms with Crippen LogP contribution in [-0.2, 0) is 0 Å². The first-order valence-corrected chi connectivity index (χ1v) is 8.07. The smallest absolute Gasteiger partial charge is 0.195 e. The van der Waals surface area contributed by atoms with Gasteiger partial charge in [0.25, 0.3) is 0 Å². The number of hydrogen-bond acceptors (Lipinski definition) is 3. The number of methoxy groups -OCH3 is 1. The second-order valence-electron chi connectivity index (χ2n) is 4.72. The average molecular weight is 359 g/mol. The summed E-state index contributed by atoms with van der Waals surface area (Å²) in [5.74, 6) is 0.862. The molecule has 0 saturated carbocycles. The molecule has 3 nitrogen and oxygen atoms in total. The molecule has 0 radical (unpaired) electrons. The van der Waals surface area contributed by atoms with E-state index in [1.54, 1.807) is 18.4 Å². The van der Waals surface area contributed by atoms with Gasteiger partial charge < -0.3 is 4.74 Å². The second kappa shape index (κ2) is 4.86. The van der Waals surface area contributed by atoms with Crippen molar-refractivity contribution in [3.05, 3.63) is 53.1 Å². The number of nitrogens with zero attached hydrogens (tertiary/aromatic N) is 2. The zero-order chi connectivity index (χ0) is 14.4. The number of aromatic nitrogens is 2. The van der Waals surface area contributed by atoms with Crippen LogP contribution < -0.4 is 4.74 Å². The number of ether oxygens (including phenoxy) is 1. The molecule has 104 valence electrons. The Hall–Kier alpha value is -1.85. The van der Waals surface area contributed by atoms with E-state index in [0.717, 1.165) is 32.0 Å². The fourth-order valence-electron chi connectivity index (χ4n) is 2.36. The topological polar surface area (TPSA) is 26.5 Å². The summed E-state index contributed by atoms with van der Waals surface area (Å²) in [5.41, 5.74) is 3.23. The summed E-state index contributed by atoms with van der Waals surface area (Å²) >= 11 is 5.14. The second-order valence-corrected chi connectivity index (χ2v) is 6.65. The quantitative estimate of drug-likeness (QED) is 0.504. The van der Waals surface area contributed by atoms with Crippen molar-refractivity contribution in [2.75, 3.05) is 7.11 Å². The van der Waals surface area contributed by atoms with Crippen molar-refractivity contribution in [2.24, 2.45) is 0 Å². The molecule has 0 fully saturated rings. The van der Waals surface area contributed by atoms with Crippen molar-refractivity contribution in [2.45, 2.75) is 0 Å². The zero-order valence-corrected chi connectivity index (χ0v) is 13.6. The maximum Gasteiger partial charge on any atom is 0.195 e. The first-order valence-electron chi connectivity index (χ1n) is 6.46. The molecule has 2 aromatic carbocycles. The molecule has 4 aromatic rings. The Kier molecular flexibility index (Phi) is 2.97. The van der Waals surface area contributed by atoms with E-state index in [0.29, 0.717) is 0 Å². The van der Waals surface area contributed by atoms with Crippen LogP contribution in [0.25, 0.3) is 26.4 Å². The van der Waals surface area contributed by atoms with Gasteiger partial charge in [-0.3, -0.25) is 4.40 Å². The standard InChI is InChI=1S/C16H11BrN2OS/c1-20-12-6-7-15-14(8-12)19-9-13(18-16(19)21-15)10-2-4-11(17)5-3-10/h2-9H,1H3. The molecule has 0 atom stereocenters. The number of hydrogen-bond donors (Lipinski definition) is 0. The van der Waals surface area contributed by atoms with E-state index in [9.17, 15) is 0 Å². The Balaban J connectivity index is 1.91.